The monoisotopic (exact) mass is 297 g/mol. The lowest BCUT2D eigenvalue weighted by Crippen LogP contribution is -2.22. The molecule has 114 valence electrons. The number of carboxylic acids is 1. The number of carboxylic acid groups (broad SMARTS) is 1. The molecule has 0 radical (unpaired) electrons. The van der Waals surface area contributed by atoms with Gasteiger partial charge in [0.25, 0.3) is 0 Å². The number of nitrogens with zero attached hydrogens (tertiary/aromatic N) is 1. The summed E-state index contributed by atoms with van der Waals surface area (Å²) in [5.41, 5.74) is 4.96. The van der Waals surface area contributed by atoms with E-state index in [1.807, 2.05) is 24.3 Å². The normalized spacial score (nSPS) is 14.5. The van der Waals surface area contributed by atoms with Crippen LogP contribution in [0.4, 0.5) is 5.69 Å². The fourth-order valence-electron chi connectivity index (χ4n) is 2.73. The van der Waals surface area contributed by atoms with E-state index in [4.69, 9.17) is 9.84 Å². The standard InChI is InChI=1S/C18H19NO3/c1-12(18(20)21)22-16-6-3-13(4-7-16)14-5-8-17-15(11-14)9-10-19(17)2/h3-8,11-12H,9-10H2,1-2H3,(H,20,21). The van der Waals surface area contributed by atoms with E-state index in [0.29, 0.717) is 5.75 Å². The lowest BCUT2D eigenvalue weighted by Gasteiger charge is -2.13. The summed E-state index contributed by atoms with van der Waals surface area (Å²) in [7, 11) is 2.11. The molecule has 0 spiro atoms. The van der Waals surface area contributed by atoms with Crippen LogP contribution in [0, 0.1) is 0 Å². The number of hydrogen-bond donors (Lipinski definition) is 1. The van der Waals surface area contributed by atoms with Crippen LogP contribution in [0.3, 0.4) is 0 Å². The molecule has 1 unspecified atom stereocenters. The van der Waals surface area contributed by atoms with Gasteiger partial charge < -0.3 is 14.7 Å². The van der Waals surface area contributed by atoms with Crippen molar-refractivity contribution in [3.8, 4) is 16.9 Å². The highest BCUT2D eigenvalue weighted by molar-refractivity contribution is 5.73. The van der Waals surface area contributed by atoms with Crippen molar-refractivity contribution in [1.82, 2.24) is 0 Å². The Bertz CT molecular complexity index is 694. The van der Waals surface area contributed by atoms with Crippen LogP contribution in [0.25, 0.3) is 11.1 Å². The van der Waals surface area contributed by atoms with Crippen LogP contribution in [-0.2, 0) is 11.2 Å². The molecule has 0 amide bonds. The number of aliphatic carboxylic acids is 1. The molecule has 0 bridgehead atoms. The second-order valence-corrected chi connectivity index (χ2v) is 5.64. The van der Waals surface area contributed by atoms with Gasteiger partial charge in [0, 0.05) is 19.3 Å². The quantitative estimate of drug-likeness (QED) is 0.941. The summed E-state index contributed by atoms with van der Waals surface area (Å²) in [5.74, 6) is -0.397. The van der Waals surface area contributed by atoms with Gasteiger partial charge in [-0.05, 0) is 54.3 Å². The Labute approximate surface area is 130 Å². The zero-order valence-electron chi connectivity index (χ0n) is 12.7. The molecule has 0 aliphatic carbocycles. The number of benzene rings is 2. The van der Waals surface area contributed by atoms with Crippen LogP contribution < -0.4 is 9.64 Å². The number of likely N-dealkylation sites (N-methyl/N-ethyl adjacent to an activating group) is 1. The first-order valence-electron chi connectivity index (χ1n) is 7.38. The van der Waals surface area contributed by atoms with Crippen molar-refractivity contribution >= 4 is 11.7 Å². The molecule has 2 aromatic carbocycles. The summed E-state index contributed by atoms with van der Waals surface area (Å²) in [6.07, 6.45) is 0.234. The van der Waals surface area contributed by atoms with Gasteiger partial charge in [-0.25, -0.2) is 4.79 Å². The molecule has 1 aliphatic heterocycles. The fourth-order valence-corrected chi connectivity index (χ4v) is 2.73. The van der Waals surface area contributed by atoms with Gasteiger partial charge in [0.15, 0.2) is 6.10 Å². The zero-order chi connectivity index (χ0) is 15.7. The van der Waals surface area contributed by atoms with E-state index in [1.54, 1.807) is 0 Å². The maximum Gasteiger partial charge on any atom is 0.344 e. The van der Waals surface area contributed by atoms with Crippen LogP contribution in [0.2, 0.25) is 0 Å². The van der Waals surface area contributed by atoms with Gasteiger partial charge in [0.1, 0.15) is 5.75 Å². The molecule has 0 saturated heterocycles. The third-order valence-electron chi connectivity index (χ3n) is 4.06. The summed E-state index contributed by atoms with van der Waals surface area (Å²) in [5, 5.41) is 8.86. The second-order valence-electron chi connectivity index (χ2n) is 5.64. The first-order chi connectivity index (χ1) is 10.5. The predicted molar refractivity (Wildman–Crippen MR) is 86.6 cm³/mol. The minimum absolute atomic E-state index is 0.569. The Morgan fingerprint density at radius 2 is 1.86 bits per heavy atom. The van der Waals surface area contributed by atoms with Crippen molar-refractivity contribution in [3.05, 3.63) is 48.0 Å². The molecule has 0 aromatic heterocycles. The summed E-state index contributed by atoms with van der Waals surface area (Å²) in [6.45, 7) is 2.59. The molecule has 1 N–H and O–H groups in total. The molecule has 2 aromatic rings. The van der Waals surface area contributed by atoms with E-state index < -0.39 is 12.1 Å². The van der Waals surface area contributed by atoms with E-state index in [2.05, 4.69) is 30.1 Å². The first-order valence-corrected chi connectivity index (χ1v) is 7.38. The Kier molecular flexibility index (Phi) is 3.75. The van der Waals surface area contributed by atoms with Crippen molar-refractivity contribution < 1.29 is 14.6 Å². The van der Waals surface area contributed by atoms with Crippen molar-refractivity contribution in [2.75, 3.05) is 18.5 Å². The first kappa shape index (κ1) is 14.4. The Morgan fingerprint density at radius 1 is 1.18 bits per heavy atom. The summed E-state index contributed by atoms with van der Waals surface area (Å²) in [6, 6.07) is 14.1. The van der Waals surface area contributed by atoms with Crippen molar-refractivity contribution in [3.63, 3.8) is 0 Å². The summed E-state index contributed by atoms with van der Waals surface area (Å²) >= 11 is 0. The van der Waals surface area contributed by atoms with Crippen LogP contribution in [-0.4, -0.2) is 30.8 Å². The molecular weight excluding hydrogens is 278 g/mol. The molecule has 1 aliphatic rings. The molecule has 0 saturated carbocycles. The van der Waals surface area contributed by atoms with E-state index in [1.165, 1.54) is 23.7 Å². The minimum atomic E-state index is -0.966. The fraction of sp³-hybridized carbons (Fsp3) is 0.278. The topological polar surface area (TPSA) is 49.8 Å². The SMILES string of the molecule is CC(Oc1ccc(-c2ccc3c(c2)CCN3C)cc1)C(=O)O. The third kappa shape index (κ3) is 2.77. The number of anilines is 1. The van der Waals surface area contributed by atoms with Gasteiger partial charge in [0.2, 0.25) is 0 Å². The molecule has 22 heavy (non-hydrogen) atoms. The Morgan fingerprint density at radius 3 is 2.55 bits per heavy atom. The highest BCUT2D eigenvalue weighted by atomic mass is 16.5. The van der Waals surface area contributed by atoms with Crippen LogP contribution in [0.1, 0.15) is 12.5 Å². The molecule has 4 heteroatoms. The van der Waals surface area contributed by atoms with Crippen molar-refractivity contribution in [1.29, 1.82) is 0 Å². The Balaban J connectivity index is 1.80. The van der Waals surface area contributed by atoms with E-state index >= 15 is 0 Å². The maximum atomic E-state index is 10.8. The molecule has 1 atom stereocenters. The van der Waals surface area contributed by atoms with Gasteiger partial charge in [-0.2, -0.15) is 0 Å². The van der Waals surface area contributed by atoms with E-state index in [0.717, 1.165) is 18.5 Å². The highest BCUT2D eigenvalue weighted by Crippen LogP contribution is 2.32. The van der Waals surface area contributed by atoms with E-state index in [-0.39, 0.29) is 0 Å². The predicted octanol–water partition coefficient (Wildman–Crippen LogP) is 3.20. The molecule has 0 fully saturated rings. The van der Waals surface area contributed by atoms with Crippen molar-refractivity contribution in [2.24, 2.45) is 0 Å². The molecular formula is C18H19NO3. The molecule has 1 heterocycles. The van der Waals surface area contributed by atoms with Gasteiger partial charge in [-0.3, -0.25) is 0 Å². The molecule has 4 nitrogen and oxygen atoms in total. The van der Waals surface area contributed by atoms with Gasteiger partial charge >= 0.3 is 5.97 Å². The maximum absolute atomic E-state index is 10.8. The van der Waals surface area contributed by atoms with Crippen molar-refractivity contribution in [2.45, 2.75) is 19.4 Å². The van der Waals surface area contributed by atoms with Crippen LogP contribution in [0.5, 0.6) is 5.75 Å². The lowest BCUT2D eigenvalue weighted by atomic mass is 10.0. The average Bonchev–Trinajstić information content (AvgIpc) is 2.89. The number of rotatable bonds is 4. The Hall–Kier alpha value is -2.49. The highest BCUT2D eigenvalue weighted by Gasteiger charge is 2.16. The zero-order valence-corrected chi connectivity index (χ0v) is 12.7. The largest absolute Gasteiger partial charge is 0.479 e. The summed E-state index contributed by atoms with van der Waals surface area (Å²) in [4.78, 5) is 13.1. The molecule has 3 rings (SSSR count). The van der Waals surface area contributed by atoms with Gasteiger partial charge in [0.05, 0.1) is 0 Å². The number of ether oxygens (including phenoxy) is 1. The lowest BCUT2D eigenvalue weighted by molar-refractivity contribution is -0.144. The average molecular weight is 297 g/mol. The van der Waals surface area contributed by atoms with Gasteiger partial charge in [-0.1, -0.05) is 18.2 Å². The number of carbonyl (C=O) groups is 1. The van der Waals surface area contributed by atoms with E-state index in [9.17, 15) is 4.79 Å². The third-order valence-corrected chi connectivity index (χ3v) is 4.06. The summed E-state index contributed by atoms with van der Waals surface area (Å²) < 4.78 is 5.35. The van der Waals surface area contributed by atoms with Gasteiger partial charge in [-0.15, -0.1) is 0 Å². The smallest absolute Gasteiger partial charge is 0.344 e. The van der Waals surface area contributed by atoms with Crippen LogP contribution >= 0.6 is 0 Å². The number of fused-ring (bicyclic) bond motifs is 1. The number of hydrogen-bond acceptors (Lipinski definition) is 3. The second kappa shape index (κ2) is 5.72. The van der Waals surface area contributed by atoms with Crippen LogP contribution in [0.15, 0.2) is 42.5 Å². The minimum Gasteiger partial charge on any atom is -0.479 e.